The van der Waals surface area contributed by atoms with Crippen molar-refractivity contribution in [3.05, 3.63) is 84.2 Å². The molecule has 1 heterocycles. The lowest BCUT2D eigenvalue weighted by Gasteiger charge is -2.11. The number of rotatable bonds is 3. The lowest BCUT2D eigenvalue weighted by atomic mass is 10.2. The third kappa shape index (κ3) is 2.59. The van der Waals surface area contributed by atoms with Crippen LogP contribution in [0.2, 0.25) is 0 Å². The molecule has 0 saturated carbocycles. The zero-order valence-electron chi connectivity index (χ0n) is 13.9. The molecule has 0 aliphatic carbocycles. The van der Waals surface area contributed by atoms with E-state index in [9.17, 15) is 12.8 Å². The van der Waals surface area contributed by atoms with Crippen LogP contribution in [0.25, 0.3) is 22.4 Å². The minimum Gasteiger partial charge on any atom is -0.227 e. The van der Waals surface area contributed by atoms with Gasteiger partial charge in [-0.1, -0.05) is 54.1 Å². The van der Waals surface area contributed by atoms with Gasteiger partial charge in [-0.15, -0.1) is 0 Å². The Balaban J connectivity index is 2.09. The molecule has 0 bridgehead atoms. The molecule has 4 aromatic rings. The van der Waals surface area contributed by atoms with Crippen molar-refractivity contribution in [3.63, 3.8) is 0 Å². The fourth-order valence-electron chi connectivity index (χ4n) is 2.88. The molecule has 26 heavy (non-hydrogen) atoms. The molecular weight excluding hydrogens is 351 g/mol. The molecule has 4 nitrogen and oxygen atoms in total. The van der Waals surface area contributed by atoms with Gasteiger partial charge in [-0.2, -0.15) is 0 Å². The van der Waals surface area contributed by atoms with Crippen molar-refractivity contribution >= 4 is 21.1 Å². The van der Waals surface area contributed by atoms with Crippen LogP contribution in [-0.4, -0.2) is 17.4 Å². The first-order chi connectivity index (χ1) is 12.5. The first-order valence-electron chi connectivity index (χ1n) is 8.03. The number of aryl methyl sites for hydroxylation is 1. The van der Waals surface area contributed by atoms with Crippen molar-refractivity contribution in [1.82, 2.24) is 8.96 Å². The van der Waals surface area contributed by atoms with Crippen LogP contribution in [0.4, 0.5) is 4.39 Å². The number of aromatic nitrogens is 2. The highest BCUT2D eigenvalue weighted by Crippen LogP contribution is 2.30. The number of hydrogen-bond donors (Lipinski definition) is 0. The summed E-state index contributed by atoms with van der Waals surface area (Å²) in [6.45, 7) is 1.87. The van der Waals surface area contributed by atoms with Gasteiger partial charge in [-0.25, -0.2) is 21.8 Å². The summed E-state index contributed by atoms with van der Waals surface area (Å²) in [6, 6.07) is 19.7. The molecule has 1 aromatic heterocycles. The Labute approximate surface area is 150 Å². The zero-order chi connectivity index (χ0) is 18.3. The Morgan fingerprint density at radius 2 is 1.58 bits per heavy atom. The van der Waals surface area contributed by atoms with Crippen molar-refractivity contribution in [3.8, 4) is 11.4 Å². The molecule has 0 aliphatic rings. The van der Waals surface area contributed by atoms with Crippen molar-refractivity contribution in [2.24, 2.45) is 0 Å². The quantitative estimate of drug-likeness (QED) is 0.540. The fraction of sp³-hybridized carbons (Fsp3) is 0.0500. The summed E-state index contributed by atoms with van der Waals surface area (Å²) in [7, 11) is -4.03. The van der Waals surface area contributed by atoms with Crippen molar-refractivity contribution in [2.75, 3.05) is 0 Å². The second kappa shape index (κ2) is 6.07. The zero-order valence-corrected chi connectivity index (χ0v) is 14.7. The molecule has 0 atom stereocenters. The van der Waals surface area contributed by atoms with E-state index in [4.69, 9.17) is 0 Å². The van der Waals surface area contributed by atoms with E-state index in [1.165, 1.54) is 24.3 Å². The maximum atomic E-state index is 14.6. The summed E-state index contributed by atoms with van der Waals surface area (Å²) in [4.78, 5) is 4.48. The highest BCUT2D eigenvalue weighted by atomic mass is 32.2. The maximum Gasteiger partial charge on any atom is 0.270 e. The maximum absolute atomic E-state index is 14.6. The third-order valence-corrected chi connectivity index (χ3v) is 5.88. The van der Waals surface area contributed by atoms with E-state index in [2.05, 4.69) is 4.98 Å². The van der Waals surface area contributed by atoms with Crippen molar-refractivity contribution < 1.29 is 12.8 Å². The molecule has 0 amide bonds. The Morgan fingerprint density at radius 3 is 2.27 bits per heavy atom. The van der Waals surface area contributed by atoms with Gasteiger partial charge in [-0.3, -0.25) is 0 Å². The van der Waals surface area contributed by atoms with Crippen molar-refractivity contribution in [1.29, 1.82) is 0 Å². The summed E-state index contributed by atoms with van der Waals surface area (Å²) in [6.07, 6.45) is 0. The molecule has 0 radical (unpaired) electrons. The first kappa shape index (κ1) is 16.5. The van der Waals surface area contributed by atoms with E-state index in [1.54, 1.807) is 42.5 Å². The predicted molar refractivity (Wildman–Crippen MR) is 98.9 cm³/mol. The topological polar surface area (TPSA) is 52.0 Å². The molecule has 0 spiro atoms. The van der Waals surface area contributed by atoms with Crippen molar-refractivity contribution in [2.45, 2.75) is 11.8 Å². The number of fused-ring (bicyclic) bond motifs is 1. The summed E-state index contributed by atoms with van der Waals surface area (Å²) in [5, 5.41) is 0. The largest absolute Gasteiger partial charge is 0.270 e. The van der Waals surface area contributed by atoms with Crippen LogP contribution < -0.4 is 0 Å². The van der Waals surface area contributed by atoms with Crippen LogP contribution in [0, 0.1) is 12.7 Å². The Kier molecular flexibility index (Phi) is 3.85. The molecule has 3 aromatic carbocycles. The van der Waals surface area contributed by atoms with Gasteiger partial charge in [0.15, 0.2) is 5.82 Å². The van der Waals surface area contributed by atoms with Crippen LogP contribution in [0.3, 0.4) is 0 Å². The minimum atomic E-state index is -4.03. The van der Waals surface area contributed by atoms with Gasteiger partial charge in [-0.05, 0) is 31.2 Å². The lowest BCUT2D eigenvalue weighted by Crippen LogP contribution is -2.15. The standard InChI is InChI=1S/C20H15FN2O2S/c1-14-10-12-16(13-11-14)26(24,25)23-19-17(21)8-5-9-18(19)22-20(23)15-6-3-2-4-7-15/h2-13H,1H3. The highest BCUT2D eigenvalue weighted by molar-refractivity contribution is 7.90. The SMILES string of the molecule is Cc1ccc(S(=O)(=O)n2c(-c3ccccc3)nc3cccc(F)c32)cc1. The van der Waals surface area contributed by atoms with E-state index in [0.717, 1.165) is 9.54 Å². The smallest absolute Gasteiger partial charge is 0.227 e. The number of imidazole rings is 1. The molecule has 130 valence electrons. The average Bonchev–Trinajstić information content (AvgIpc) is 3.05. The molecule has 6 heteroatoms. The van der Waals surface area contributed by atoms with Gasteiger partial charge in [0, 0.05) is 5.56 Å². The van der Waals surface area contributed by atoms with Crippen LogP contribution in [0.1, 0.15) is 5.56 Å². The van der Waals surface area contributed by atoms with Gasteiger partial charge in [0.2, 0.25) is 0 Å². The summed E-state index contributed by atoms with van der Waals surface area (Å²) in [5.74, 6) is -0.445. The summed E-state index contributed by atoms with van der Waals surface area (Å²) >= 11 is 0. The Morgan fingerprint density at radius 1 is 0.885 bits per heavy atom. The predicted octanol–water partition coefficient (Wildman–Crippen LogP) is 4.39. The fourth-order valence-corrected chi connectivity index (χ4v) is 4.37. The van der Waals surface area contributed by atoms with Gasteiger partial charge in [0.25, 0.3) is 10.0 Å². The molecule has 0 saturated heterocycles. The number of hydrogen-bond acceptors (Lipinski definition) is 3. The number of nitrogens with zero attached hydrogens (tertiary/aromatic N) is 2. The summed E-state index contributed by atoms with van der Waals surface area (Å²) < 4.78 is 42.2. The van der Waals surface area contributed by atoms with E-state index < -0.39 is 15.8 Å². The van der Waals surface area contributed by atoms with E-state index in [0.29, 0.717) is 11.1 Å². The molecule has 0 unspecified atom stereocenters. The number of para-hydroxylation sites is 1. The number of benzene rings is 3. The molecule has 0 fully saturated rings. The first-order valence-corrected chi connectivity index (χ1v) is 9.47. The second-order valence-corrected chi connectivity index (χ2v) is 7.78. The van der Waals surface area contributed by atoms with Gasteiger partial charge >= 0.3 is 0 Å². The molecular formula is C20H15FN2O2S. The van der Waals surface area contributed by atoms with Crippen LogP contribution in [0.5, 0.6) is 0 Å². The van der Waals surface area contributed by atoms with Gasteiger partial charge in [0.1, 0.15) is 11.3 Å². The van der Waals surface area contributed by atoms with Gasteiger partial charge < -0.3 is 0 Å². The number of halogens is 1. The second-order valence-electron chi connectivity index (χ2n) is 5.99. The lowest BCUT2D eigenvalue weighted by molar-refractivity contribution is 0.586. The monoisotopic (exact) mass is 366 g/mol. The molecule has 0 N–H and O–H groups in total. The van der Waals surface area contributed by atoms with Crippen LogP contribution in [-0.2, 0) is 10.0 Å². The Bertz CT molecular complexity index is 1200. The van der Waals surface area contributed by atoms with Crippen LogP contribution >= 0.6 is 0 Å². The van der Waals surface area contributed by atoms with Crippen LogP contribution in [0.15, 0.2) is 77.7 Å². The average molecular weight is 366 g/mol. The van der Waals surface area contributed by atoms with E-state index in [1.807, 2.05) is 13.0 Å². The van der Waals surface area contributed by atoms with Gasteiger partial charge in [0.05, 0.1) is 10.4 Å². The molecule has 0 aliphatic heterocycles. The normalized spacial score (nSPS) is 11.8. The third-order valence-electron chi connectivity index (χ3n) is 4.18. The molecule has 4 rings (SSSR count). The Hall–Kier alpha value is -2.99. The minimum absolute atomic E-state index is 0.0491. The van der Waals surface area contributed by atoms with E-state index in [-0.39, 0.29) is 16.2 Å². The summed E-state index contributed by atoms with van der Waals surface area (Å²) in [5.41, 5.74) is 1.78. The van der Waals surface area contributed by atoms with E-state index >= 15 is 0 Å². The highest BCUT2D eigenvalue weighted by Gasteiger charge is 2.26.